The zero-order chi connectivity index (χ0) is 16.5. The van der Waals surface area contributed by atoms with Crippen LogP contribution in [0.4, 0.5) is 4.79 Å². The van der Waals surface area contributed by atoms with Crippen molar-refractivity contribution in [1.29, 1.82) is 0 Å². The van der Waals surface area contributed by atoms with Gasteiger partial charge in [0.05, 0.1) is 5.75 Å². The molecule has 2 aliphatic rings. The van der Waals surface area contributed by atoms with E-state index in [2.05, 4.69) is 29.6 Å². The Labute approximate surface area is 138 Å². The van der Waals surface area contributed by atoms with Crippen LogP contribution in [-0.2, 0) is 9.84 Å². The van der Waals surface area contributed by atoms with Crippen molar-refractivity contribution < 1.29 is 13.2 Å². The number of hydrogen-bond acceptors (Lipinski definition) is 3. The highest BCUT2D eigenvalue weighted by Crippen LogP contribution is 2.55. The lowest BCUT2D eigenvalue weighted by atomic mass is 9.61. The van der Waals surface area contributed by atoms with Crippen LogP contribution < -0.4 is 5.32 Å². The summed E-state index contributed by atoms with van der Waals surface area (Å²) in [7, 11) is -3.05. The van der Waals surface area contributed by atoms with Crippen LogP contribution in [0, 0.1) is 5.41 Å². The number of nitrogens with one attached hydrogen (secondary N) is 1. The number of carbonyl (C=O) groups is 1. The molecule has 1 saturated carbocycles. The number of carbonyl (C=O) groups excluding carboxylic acids is 1. The number of likely N-dealkylation sites (tertiary alicyclic amines) is 1. The van der Waals surface area contributed by atoms with Crippen molar-refractivity contribution in [3.05, 3.63) is 35.9 Å². The van der Waals surface area contributed by atoms with Gasteiger partial charge in [0.25, 0.3) is 0 Å². The topological polar surface area (TPSA) is 66.5 Å². The van der Waals surface area contributed by atoms with E-state index in [9.17, 15) is 13.2 Å². The molecule has 1 spiro atoms. The summed E-state index contributed by atoms with van der Waals surface area (Å²) < 4.78 is 22.3. The van der Waals surface area contributed by atoms with Crippen LogP contribution in [0.25, 0.3) is 0 Å². The summed E-state index contributed by atoms with van der Waals surface area (Å²) in [5, 5.41) is 2.75. The van der Waals surface area contributed by atoms with Crippen LogP contribution in [0.5, 0.6) is 0 Å². The van der Waals surface area contributed by atoms with E-state index in [1.807, 2.05) is 11.0 Å². The maximum Gasteiger partial charge on any atom is 0.317 e. The molecule has 1 aromatic carbocycles. The molecule has 3 rings (SSSR count). The summed E-state index contributed by atoms with van der Waals surface area (Å²) in [5.74, 6) is 0.373. The second-order valence-electron chi connectivity index (χ2n) is 6.92. The molecule has 0 bridgehead atoms. The number of amides is 2. The SMILES string of the molecule is CS(=O)(=O)CCNC(=O)N1CC(c2ccccc2)C2(CCC2)C1. The lowest BCUT2D eigenvalue weighted by Crippen LogP contribution is -2.42. The maximum absolute atomic E-state index is 12.4. The fourth-order valence-electron chi connectivity index (χ4n) is 3.86. The van der Waals surface area contributed by atoms with Gasteiger partial charge >= 0.3 is 6.03 Å². The summed E-state index contributed by atoms with van der Waals surface area (Å²) in [6.07, 6.45) is 4.75. The molecular formula is C17H24N2O3S. The molecular weight excluding hydrogens is 312 g/mol. The van der Waals surface area contributed by atoms with Crippen LogP contribution in [0.2, 0.25) is 0 Å². The van der Waals surface area contributed by atoms with E-state index in [1.165, 1.54) is 31.1 Å². The Morgan fingerprint density at radius 1 is 1.30 bits per heavy atom. The van der Waals surface area contributed by atoms with E-state index >= 15 is 0 Å². The minimum atomic E-state index is -3.05. The van der Waals surface area contributed by atoms with Crippen molar-refractivity contribution in [2.24, 2.45) is 5.41 Å². The predicted octanol–water partition coefficient (Wildman–Crippen LogP) is 2.01. The number of urea groups is 1. The molecule has 0 aromatic heterocycles. The molecule has 1 aromatic rings. The van der Waals surface area contributed by atoms with Gasteiger partial charge in [-0.1, -0.05) is 36.8 Å². The van der Waals surface area contributed by atoms with Crippen molar-refractivity contribution in [3.63, 3.8) is 0 Å². The van der Waals surface area contributed by atoms with Gasteiger partial charge in [-0.2, -0.15) is 0 Å². The first-order chi connectivity index (χ1) is 10.9. The van der Waals surface area contributed by atoms with Crippen molar-refractivity contribution in [2.75, 3.05) is 31.6 Å². The maximum atomic E-state index is 12.4. The van der Waals surface area contributed by atoms with Gasteiger partial charge in [0.15, 0.2) is 0 Å². The molecule has 1 unspecified atom stereocenters. The monoisotopic (exact) mass is 336 g/mol. The molecule has 1 saturated heterocycles. The quantitative estimate of drug-likeness (QED) is 0.915. The van der Waals surface area contributed by atoms with Gasteiger partial charge in [-0.05, 0) is 23.8 Å². The summed E-state index contributed by atoms with van der Waals surface area (Å²) in [6.45, 7) is 1.67. The van der Waals surface area contributed by atoms with Crippen LogP contribution in [0.1, 0.15) is 30.7 Å². The van der Waals surface area contributed by atoms with Gasteiger partial charge in [0.2, 0.25) is 0 Å². The molecule has 1 atom stereocenters. The van der Waals surface area contributed by atoms with Gasteiger partial charge in [0.1, 0.15) is 9.84 Å². The van der Waals surface area contributed by atoms with Gasteiger partial charge in [-0.15, -0.1) is 0 Å². The number of nitrogens with zero attached hydrogens (tertiary/aromatic N) is 1. The fourth-order valence-corrected chi connectivity index (χ4v) is 4.33. The average molecular weight is 336 g/mol. The van der Waals surface area contributed by atoms with E-state index in [4.69, 9.17) is 0 Å². The third kappa shape index (κ3) is 3.52. The molecule has 1 aliphatic carbocycles. The highest BCUT2D eigenvalue weighted by molar-refractivity contribution is 7.90. The Morgan fingerprint density at radius 2 is 2.00 bits per heavy atom. The highest BCUT2D eigenvalue weighted by atomic mass is 32.2. The minimum absolute atomic E-state index is 0.0141. The van der Waals surface area contributed by atoms with Gasteiger partial charge in [-0.3, -0.25) is 0 Å². The second-order valence-corrected chi connectivity index (χ2v) is 9.18. The molecule has 1 aliphatic heterocycles. The third-order valence-electron chi connectivity index (χ3n) is 5.24. The number of hydrogen-bond donors (Lipinski definition) is 1. The second kappa shape index (κ2) is 6.15. The average Bonchev–Trinajstić information content (AvgIpc) is 2.87. The van der Waals surface area contributed by atoms with Crippen LogP contribution >= 0.6 is 0 Å². The molecule has 2 fully saturated rings. The Hall–Kier alpha value is -1.56. The van der Waals surface area contributed by atoms with E-state index in [0.29, 0.717) is 12.5 Å². The van der Waals surface area contributed by atoms with Crippen molar-refractivity contribution in [1.82, 2.24) is 10.2 Å². The first-order valence-corrected chi connectivity index (χ1v) is 10.2. The summed E-state index contributed by atoms with van der Waals surface area (Å²) in [6, 6.07) is 10.3. The molecule has 6 heteroatoms. The van der Waals surface area contributed by atoms with Crippen LogP contribution in [-0.4, -0.2) is 51.0 Å². The Bertz CT molecular complexity index is 668. The van der Waals surface area contributed by atoms with E-state index in [1.54, 1.807) is 0 Å². The third-order valence-corrected chi connectivity index (χ3v) is 6.18. The standard InChI is InChI=1S/C17H24N2O3S/c1-23(21,22)11-10-18-16(20)19-12-15(14-6-3-2-4-7-14)17(13-19)8-5-9-17/h2-4,6-7,15H,5,8-13H2,1H3,(H,18,20). The summed E-state index contributed by atoms with van der Waals surface area (Å²) >= 11 is 0. The van der Waals surface area contributed by atoms with Gasteiger partial charge in [-0.25, -0.2) is 13.2 Å². The fraction of sp³-hybridized carbons (Fsp3) is 0.588. The first kappa shape index (κ1) is 16.3. The minimum Gasteiger partial charge on any atom is -0.337 e. The smallest absolute Gasteiger partial charge is 0.317 e. The van der Waals surface area contributed by atoms with E-state index in [-0.39, 0.29) is 23.7 Å². The first-order valence-electron chi connectivity index (χ1n) is 8.15. The zero-order valence-corrected chi connectivity index (χ0v) is 14.3. The largest absolute Gasteiger partial charge is 0.337 e. The molecule has 1 N–H and O–H groups in total. The number of rotatable bonds is 4. The zero-order valence-electron chi connectivity index (χ0n) is 13.5. The molecule has 1 heterocycles. The predicted molar refractivity (Wildman–Crippen MR) is 90.1 cm³/mol. The molecule has 0 radical (unpaired) electrons. The van der Waals surface area contributed by atoms with Gasteiger partial charge in [0, 0.05) is 31.8 Å². The molecule has 126 valence electrons. The normalized spacial score (nSPS) is 22.8. The molecule has 2 amide bonds. The van der Waals surface area contributed by atoms with Crippen molar-refractivity contribution in [3.8, 4) is 0 Å². The summed E-state index contributed by atoms with van der Waals surface area (Å²) in [4.78, 5) is 14.2. The molecule has 23 heavy (non-hydrogen) atoms. The lowest BCUT2D eigenvalue weighted by molar-refractivity contribution is 0.124. The van der Waals surface area contributed by atoms with Gasteiger partial charge < -0.3 is 10.2 Å². The van der Waals surface area contributed by atoms with Crippen LogP contribution in [0.15, 0.2) is 30.3 Å². The molecule has 5 nitrogen and oxygen atoms in total. The highest BCUT2D eigenvalue weighted by Gasteiger charge is 2.51. The van der Waals surface area contributed by atoms with Crippen LogP contribution in [0.3, 0.4) is 0 Å². The van der Waals surface area contributed by atoms with E-state index < -0.39 is 9.84 Å². The Morgan fingerprint density at radius 3 is 2.57 bits per heavy atom. The van der Waals surface area contributed by atoms with E-state index in [0.717, 1.165) is 6.54 Å². The Kier molecular flexibility index (Phi) is 4.36. The van der Waals surface area contributed by atoms with Crippen molar-refractivity contribution >= 4 is 15.9 Å². The summed E-state index contributed by atoms with van der Waals surface area (Å²) in [5.41, 5.74) is 1.52. The Balaban J connectivity index is 1.65. The van der Waals surface area contributed by atoms with Crippen molar-refractivity contribution in [2.45, 2.75) is 25.2 Å². The lowest BCUT2D eigenvalue weighted by Gasteiger charge is -2.43. The number of benzene rings is 1. The number of sulfone groups is 1.